The first-order chi connectivity index (χ1) is 17.4. The Morgan fingerprint density at radius 2 is 1.78 bits per heavy atom. The number of hydrogen-bond acceptors (Lipinski definition) is 4. The van der Waals surface area contributed by atoms with Gasteiger partial charge in [0.2, 0.25) is 0 Å². The van der Waals surface area contributed by atoms with Gasteiger partial charge in [-0.3, -0.25) is 9.36 Å². The maximum absolute atomic E-state index is 13.8. The van der Waals surface area contributed by atoms with Crippen molar-refractivity contribution < 1.29 is 9.53 Å². The maximum atomic E-state index is 13.8. The van der Waals surface area contributed by atoms with Gasteiger partial charge in [0.05, 0.1) is 29.2 Å². The SMILES string of the molecule is CCC(c1nc2ccccc2c(=O)n1-c1ccc(Br)cc1)N(CCOC)C(=O)Nc1ccc(C)cc1. The molecule has 186 valence electrons. The predicted octanol–water partition coefficient (Wildman–Crippen LogP) is 6.09. The highest BCUT2D eigenvalue weighted by Gasteiger charge is 2.29. The molecule has 0 spiro atoms. The number of methoxy groups -OCH3 is 1. The third-order valence-corrected chi connectivity index (χ3v) is 6.58. The van der Waals surface area contributed by atoms with Crippen LogP contribution in [0.25, 0.3) is 16.6 Å². The van der Waals surface area contributed by atoms with E-state index in [1.165, 1.54) is 0 Å². The number of hydrogen-bond donors (Lipinski definition) is 1. The Bertz CT molecular complexity index is 1400. The van der Waals surface area contributed by atoms with Crippen LogP contribution >= 0.6 is 15.9 Å². The van der Waals surface area contributed by atoms with E-state index in [9.17, 15) is 9.59 Å². The number of aromatic nitrogens is 2. The van der Waals surface area contributed by atoms with Gasteiger partial charge < -0.3 is 15.0 Å². The summed E-state index contributed by atoms with van der Waals surface area (Å²) in [6.45, 7) is 4.65. The fourth-order valence-corrected chi connectivity index (χ4v) is 4.44. The lowest BCUT2D eigenvalue weighted by Crippen LogP contribution is -2.42. The summed E-state index contributed by atoms with van der Waals surface area (Å²) in [5.41, 5.74) is 2.90. The number of carbonyl (C=O) groups excluding carboxylic acids is 1. The van der Waals surface area contributed by atoms with Crippen LogP contribution in [0.15, 0.2) is 82.1 Å². The molecule has 0 saturated heterocycles. The summed E-state index contributed by atoms with van der Waals surface area (Å²) in [7, 11) is 1.60. The first-order valence-corrected chi connectivity index (χ1v) is 12.6. The molecule has 0 radical (unpaired) electrons. The number of benzene rings is 3. The molecule has 0 aliphatic rings. The van der Waals surface area contributed by atoms with Gasteiger partial charge in [-0.15, -0.1) is 0 Å². The number of halogens is 1. The molecule has 4 aromatic rings. The van der Waals surface area contributed by atoms with Gasteiger partial charge >= 0.3 is 6.03 Å². The molecule has 36 heavy (non-hydrogen) atoms. The van der Waals surface area contributed by atoms with Crippen LogP contribution in [0.3, 0.4) is 0 Å². The molecule has 2 amide bonds. The summed E-state index contributed by atoms with van der Waals surface area (Å²) in [6.07, 6.45) is 0.548. The minimum absolute atomic E-state index is 0.179. The van der Waals surface area contributed by atoms with Crippen LogP contribution in [0.1, 0.15) is 30.8 Å². The number of anilines is 1. The molecule has 1 unspecified atom stereocenters. The second kappa shape index (κ2) is 11.5. The van der Waals surface area contributed by atoms with Crippen LogP contribution in [-0.2, 0) is 4.74 Å². The van der Waals surface area contributed by atoms with Gasteiger partial charge in [-0.05, 0) is 61.9 Å². The van der Waals surface area contributed by atoms with Crippen LogP contribution in [0.2, 0.25) is 0 Å². The number of amides is 2. The van der Waals surface area contributed by atoms with Crippen LogP contribution in [0.5, 0.6) is 0 Å². The van der Waals surface area contributed by atoms with Gasteiger partial charge in [0.25, 0.3) is 5.56 Å². The van der Waals surface area contributed by atoms with Crippen molar-refractivity contribution in [2.75, 3.05) is 25.6 Å². The highest BCUT2D eigenvalue weighted by molar-refractivity contribution is 9.10. The van der Waals surface area contributed by atoms with Crippen LogP contribution in [0.4, 0.5) is 10.5 Å². The van der Waals surface area contributed by atoms with Crippen molar-refractivity contribution in [3.05, 3.63) is 99.0 Å². The molecule has 0 aliphatic carbocycles. The minimum atomic E-state index is -0.480. The van der Waals surface area contributed by atoms with E-state index in [0.717, 1.165) is 10.0 Å². The zero-order valence-electron chi connectivity index (χ0n) is 20.6. The number of fused-ring (bicyclic) bond motifs is 1. The molecule has 0 bridgehead atoms. The quantitative estimate of drug-likeness (QED) is 0.289. The summed E-state index contributed by atoms with van der Waals surface area (Å²) in [6, 6.07) is 21.7. The number of carbonyl (C=O) groups is 1. The molecule has 4 rings (SSSR count). The fraction of sp³-hybridized carbons (Fsp3) is 0.250. The van der Waals surface area contributed by atoms with Gasteiger partial charge in [0, 0.05) is 23.8 Å². The van der Waals surface area contributed by atoms with E-state index < -0.39 is 6.04 Å². The predicted molar refractivity (Wildman–Crippen MR) is 147 cm³/mol. The van der Waals surface area contributed by atoms with Crippen molar-refractivity contribution in [2.24, 2.45) is 0 Å². The Balaban J connectivity index is 1.85. The third-order valence-electron chi connectivity index (χ3n) is 6.05. The molecule has 3 aromatic carbocycles. The maximum Gasteiger partial charge on any atom is 0.322 e. The normalized spacial score (nSPS) is 11.9. The first kappa shape index (κ1) is 25.6. The number of rotatable bonds is 8. The van der Waals surface area contributed by atoms with E-state index in [1.807, 2.05) is 80.6 Å². The minimum Gasteiger partial charge on any atom is -0.383 e. The monoisotopic (exact) mass is 548 g/mol. The van der Waals surface area contributed by atoms with Gasteiger partial charge in [-0.25, -0.2) is 9.78 Å². The molecule has 0 saturated carbocycles. The molecule has 1 aromatic heterocycles. The summed E-state index contributed by atoms with van der Waals surface area (Å²) in [5, 5.41) is 3.51. The standard InChI is InChI=1S/C28H29BrN4O3/c1-4-25(32(17-18-36-3)28(35)30-21-13-9-19(2)10-14-21)26-31-24-8-6-5-7-23(24)27(34)33(26)22-15-11-20(29)12-16-22/h5-16,25H,4,17-18H2,1-3H3,(H,30,35). The average molecular weight is 549 g/mol. The van der Waals surface area contributed by atoms with Crippen molar-refractivity contribution in [3.63, 3.8) is 0 Å². The second-order valence-corrected chi connectivity index (χ2v) is 9.43. The van der Waals surface area contributed by atoms with Crippen LogP contribution in [0, 0.1) is 6.92 Å². The fourth-order valence-electron chi connectivity index (χ4n) is 4.18. The van der Waals surface area contributed by atoms with Crippen LogP contribution < -0.4 is 10.9 Å². The van der Waals surface area contributed by atoms with E-state index in [1.54, 1.807) is 22.6 Å². The van der Waals surface area contributed by atoms with Crippen molar-refractivity contribution in [3.8, 4) is 5.69 Å². The van der Waals surface area contributed by atoms with Gasteiger partial charge in [-0.1, -0.05) is 52.7 Å². The number of nitrogens with one attached hydrogen (secondary N) is 1. The molecule has 8 heteroatoms. The zero-order chi connectivity index (χ0) is 25.7. The molecular weight excluding hydrogens is 520 g/mol. The molecule has 1 N–H and O–H groups in total. The van der Waals surface area contributed by atoms with E-state index >= 15 is 0 Å². The summed E-state index contributed by atoms with van der Waals surface area (Å²) < 4.78 is 7.84. The van der Waals surface area contributed by atoms with Crippen molar-refractivity contribution >= 4 is 38.6 Å². The number of aryl methyl sites for hydroxylation is 1. The Labute approximate surface area is 218 Å². The van der Waals surface area contributed by atoms with Gasteiger partial charge in [0.1, 0.15) is 5.82 Å². The second-order valence-electron chi connectivity index (χ2n) is 8.51. The lowest BCUT2D eigenvalue weighted by atomic mass is 10.1. The smallest absolute Gasteiger partial charge is 0.322 e. The third kappa shape index (κ3) is 5.50. The molecule has 0 fully saturated rings. The average Bonchev–Trinajstić information content (AvgIpc) is 2.88. The Morgan fingerprint density at radius 1 is 1.08 bits per heavy atom. The highest BCUT2D eigenvalue weighted by atomic mass is 79.9. The van der Waals surface area contributed by atoms with E-state index in [0.29, 0.717) is 47.7 Å². The van der Waals surface area contributed by atoms with E-state index in [4.69, 9.17) is 9.72 Å². The highest BCUT2D eigenvalue weighted by Crippen LogP contribution is 2.27. The lowest BCUT2D eigenvalue weighted by Gasteiger charge is -2.32. The topological polar surface area (TPSA) is 76.5 Å². The van der Waals surface area contributed by atoms with Crippen molar-refractivity contribution in [1.29, 1.82) is 0 Å². The first-order valence-electron chi connectivity index (χ1n) is 11.8. The van der Waals surface area contributed by atoms with Crippen LogP contribution in [-0.4, -0.2) is 40.7 Å². The van der Waals surface area contributed by atoms with Crippen molar-refractivity contribution in [1.82, 2.24) is 14.5 Å². The lowest BCUT2D eigenvalue weighted by molar-refractivity contribution is 0.131. The largest absolute Gasteiger partial charge is 0.383 e. The number of nitrogens with zero attached hydrogens (tertiary/aromatic N) is 3. The van der Waals surface area contributed by atoms with E-state index in [-0.39, 0.29) is 11.6 Å². The molecule has 7 nitrogen and oxygen atoms in total. The number of para-hydroxylation sites is 1. The summed E-state index contributed by atoms with van der Waals surface area (Å²) >= 11 is 3.47. The van der Waals surface area contributed by atoms with E-state index in [2.05, 4.69) is 21.2 Å². The molecule has 1 atom stereocenters. The Hall–Kier alpha value is -3.49. The summed E-state index contributed by atoms with van der Waals surface area (Å²) in [4.78, 5) is 33.9. The Morgan fingerprint density at radius 3 is 2.44 bits per heavy atom. The molecule has 1 heterocycles. The Kier molecular flexibility index (Phi) is 8.18. The molecular formula is C28H29BrN4O3. The zero-order valence-corrected chi connectivity index (χ0v) is 22.2. The summed E-state index contributed by atoms with van der Waals surface area (Å²) in [5.74, 6) is 0.499. The molecule has 0 aliphatic heterocycles. The van der Waals surface area contributed by atoms with Crippen molar-refractivity contribution in [2.45, 2.75) is 26.3 Å². The number of ether oxygens (including phenoxy) is 1. The number of urea groups is 1. The van der Waals surface area contributed by atoms with Gasteiger partial charge in [0.15, 0.2) is 0 Å². The van der Waals surface area contributed by atoms with Gasteiger partial charge in [-0.2, -0.15) is 0 Å².